The minimum absolute atomic E-state index is 0.0854. The van der Waals surface area contributed by atoms with Crippen molar-refractivity contribution < 1.29 is 23.4 Å². The number of aromatic carboxylic acids is 1. The molecule has 0 fully saturated rings. The van der Waals surface area contributed by atoms with Crippen LogP contribution >= 0.6 is 15.9 Å². The minimum Gasteiger partial charge on any atom is -0.485 e. The Kier molecular flexibility index (Phi) is 4.42. The highest BCUT2D eigenvalue weighted by Crippen LogP contribution is 2.30. The molecule has 0 aliphatic heterocycles. The summed E-state index contributed by atoms with van der Waals surface area (Å²) in [6.07, 6.45) is 0. The number of nitrogen functional groups attached to an aromatic ring is 1. The van der Waals surface area contributed by atoms with E-state index in [-0.39, 0.29) is 33.6 Å². The van der Waals surface area contributed by atoms with E-state index in [0.29, 0.717) is 6.07 Å². The molecule has 2 aromatic rings. The van der Waals surface area contributed by atoms with Crippen LogP contribution in [0.4, 0.5) is 14.5 Å². The number of carboxylic acids is 1. The van der Waals surface area contributed by atoms with Gasteiger partial charge in [-0.05, 0) is 28.1 Å². The number of hydrogen-bond acceptors (Lipinski definition) is 3. The third-order valence-electron chi connectivity index (χ3n) is 2.73. The summed E-state index contributed by atoms with van der Waals surface area (Å²) in [5.74, 6) is -3.04. The number of rotatable bonds is 4. The third-order valence-corrected chi connectivity index (χ3v) is 3.32. The van der Waals surface area contributed by atoms with Crippen molar-refractivity contribution in [1.29, 1.82) is 0 Å². The van der Waals surface area contributed by atoms with E-state index in [0.717, 1.165) is 6.07 Å². The Morgan fingerprint density at radius 2 is 2.05 bits per heavy atom. The summed E-state index contributed by atoms with van der Waals surface area (Å²) in [6.45, 7) is -0.214. The molecule has 0 saturated carbocycles. The Hall–Kier alpha value is -2.15. The molecule has 0 aromatic heterocycles. The van der Waals surface area contributed by atoms with Gasteiger partial charge in [0.2, 0.25) is 0 Å². The molecule has 0 heterocycles. The fraction of sp³-hybridized carbons (Fsp3) is 0.0714. The van der Waals surface area contributed by atoms with E-state index in [4.69, 9.17) is 15.6 Å². The minimum atomic E-state index is -1.20. The van der Waals surface area contributed by atoms with Gasteiger partial charge in [0, 0.05) is 17.3 Å². The number of halogens is 3. The topological polar surface area (TPSA) is 72.5 Å². The molecule has 0 amide bonds. The first-order valence-electron chi connectivity index (χ1n) is 5.78. The van der Waals surface area contributed by atoms with Gasteiger partial charge in [-0.2, -0.15) is 0 Å². The van der Waals surface area contributed by atoms with E-state index in [1.165, 1.54) is 12.1 Å². The lowest BCUT2D eigenvalue weighted by atomic mass is 10.1. The number of anilines is 1. The molecular weight excluding hydrogens is 348 g/mol. The van der Waals surface area contributed by atoms with Gasteiger partial charge >= 0.3 is 5.97 Å². The molecule has 4 nitrogen and oxygen atoms in total. The quantitative estimate of drug-likeness (QED) is 0.820. The van der Waals surface area contributed by atoms with Crippen LogP contribution in [0.5, 0.6) is 5.75 Å². The van der Waals surface area contributed by atoms with Crippen LogP contribution in [0, 0.1) is 11.6 Å². The van der Waals surface area contributed by atoms with Crippen molar-refractivity contribution in [3.63, 3.8) is 0 Å². The fourth-order valence-corrected chi connectivity index (χ4v) is 2.34. The highest BCUT2D eigenvalue weighted by molar-refractivity contribution is 9.10. The summed E-state index contributed by atoms with van der Waals surface area (Å²) in [5.41, 5.74) is 5.88. The van der Waals surface area contributed by atoms with Crippen molar-refractivity contribution in [3.05, 3.63) is 57.6 Å². The second-order valence-corrected chi connectivity index (χ2v) is 5.03. The largest absolute Gasteiger partial charge is 0.485 e. The Labute approximate surface area is 127 Å². The van der Waals surface area contributed by atoms with Crippen LogP contribution in [-0.2, 0) is 6.61 Å². The summed E-state index contributed by atoms with van der Waals surface area (Å²) >= 11 is 2.99. The average molecular weight is 358 g/mol. The standard InChI is InChI=1S/C14H10BrF2NO3/c15-9-4-8(16)5-10(17)13(9)21-6-7-2-1-3-11(18)12(7)14(19)20/h1-5H,6,18H2,(H,19,20). The van der Waals surface area contributed by atoms with Crippen molar-refractivity contribution in [2.75, 3.05) is 5.73 Å². The highest BCUT2D eigenvalue weighted by atomic mass is 79.9. The van der Waals surface area contributed by atoms with Gasteiger partial charge < -0.3 is 15.6 Å². The maximum atomic E-state index is 13.6. The Morgan fingerprint density at radius 1 is 1.33 bits per heavy atom. The van der Waals surface area contributed by atoms with Crippen LogP contribution in [0.1, 0.15) is 15.9 Å². The number of hydrogen-bond donors (Lipinski definition) is 2. The van der Waals surface area contributed by atoms with E-state index in [2.05, 4.69) is 15.9 Å². The van der Waals surface area contributed by atoms with E-state index < -0.39 is 17.6 Å². The van der Waals surface area contributed by atoms with Gasteiger partial charge in [0.15, 0.2) is 11.6 Å². The molecule has 21 heavy (non-hydrogen) atoms. The SMILES string of the molecule is Nc1cccc(COc2c(F)cc(F)cc2Br)c1C(=O)O. The van der Waals surface area contributed by atoms with Gasteiger partial charge in [-0.3, -0.25) is 0 Å². The molecule has 2 aromatic carbocycles. The van der Waals surface area contributed by atoms with Crippen LogP contribution in [0.25, 0.3) is 0 Å². The smallest absolute Gasteiger partial charge is 0.338 e. The van der Waals surface area contributed by atoms with Crippen molar-refractivity contribution in [2.24, 2.45) is 0 Å². The molecule has 3 N–H and O–H groups in total. The summed E-state index contributed by atoms with van der Waals surface area (Å²) < 4.78 is 31.9. The fourth-order valence-electron chi connectivity index (χ4n) is 1.82. The summed E-state index contributed by atoms with van der Waals surface area (Å²) in [6, 6.07) is 6.25. The van der Waals surface area contributed by atoms with Crippen molar-refractivity contribution >= 4 is 27.6 Å². The van der Waals surface area contributed by atoms with Crippen LogP contribution in [-0.4, -0.2) is 11.1 Å². The van der Waals surface area contributed by atoms with Crippen LogP contribution in [0.15, 0.2) is 34.8 Å². The number of nitrogens with two attached hydrogens (primary N) is 1. The van der Waals surface area contributed by atoms with Crippen molar-refractivity contribution in [2.45, 2.75) is 6.61 Å². The summed E-state index contributed by atoms with van der Waals surface area (Å²) in [7, 11) is 0. The molecule has 7 heteroatoms. The lowest BCUT2D eigenvalue weighted by Gasteiger charge is -2.12. The zero-order valence-corrected chi connectivity index (χ0v) is 12.2. The molecule has 0 aliphatic rings. The zero-order chi connectivity index (χ0) is 15.6. The monoisotopic (exact) mass is 357 g/mol. The lowest BCUT2D eigenvalue weighted by molar-refractivity contribution is 0.0695. The predicted molar refractivity (Wildman–Crippen MR) is 76.2 cm³/mol. The normalized spacial score (nSPS) is 10.4. The zero-order valence-electron chi connectivity index (χ0n) is 10.6. The van der Waals surface area contributed by atoms with E-state index in [1.807, 2.05) is 0 Å². The molecule has 0 unspecified atom stereocenters. The first-order valence-corrected chi connectivity index (χ1v) is 6.57. The number of ether oxygens (including phenoxy) is 1. The van der Waals surface area contributed by atoms with Crippen molar-refractivity contribution in [3.8, 4) is 5.75 Å². The first kappa shape index (κ1) is 15.2. The molecule has 2 rings (SSSR count). The van der Waals surface area contributed by atoms with Gasteiger partial charge in [0.25, 0.3) is 0 Å². The lowest BCUT2D eigenvalue weighted by Crippen LogP contribution is -2.09. The van der Waals surface area contributed by atoms with Gasteiger partial charge in [-0.25, -0.2) is 13.6 Å². The number of carboxylic acid groups (broad SMARTS) is 1. The molecule has 0 spiro atoms. The van der Waals surface area contributed by atoms with Gasteiger partial charge in [-0.15, -0.1) is 0 Å². The van der Waals surface area contributed by atoms with Crippen LogP contribution < -0.4 is 10.5 Å². The first-order chi connectivity index (χ1) is 9.90. The molecule has 0 aliphatic carbocycles. The van der Waals surface area contributed by atoms with Crippen molar-refractivity contribution in [1.82, 2.24) is 0 Å². The summed E-state index contributed by atoms with van der Waals surface area (Å²) in [4.78, 5) is 11.2. The number of benzene rings is 2. The van der Waals surface area contributed by atoms with Gasteiger partial charge in [0.05, 0.1) is 10.0 Å². The maximum Gasteiger partial charge on any atom is 0.338 e. The van der Waals surface area contributed by atoms with Crippen LogP contribution in [0.3, 0.4) is 0 Å². The highest BCUT2D eigenvalue weighted by Gasteiger charge is 2.16. The molecular formula is C14H10BrF2NO3. The molecule has 0 bridgehead atoms. The molecule has 110 valence electrons. The molecule has 0 atom stereocenters. The van der Waals surface area contributed by atoms with E-state index in [1.54, 1.807) is 6.07 Å². The predicted octanol–water partition coefficient (Wildman–Crippen LogP) is 3.59. The van der Waals surface area contributed by atoms with Crippen LogP contribution in [0.2, 0.25) is 0 Å². The maximum absolute atomic E-state index is 13.6. The Bertz CT molecular complexity index is 684. The van der Waals surface area contributed by atoms with E-state index >= 15 is 0 Å². The second-order valence-electron chi connectivity index (χ2n) is 4.17. The summed E-state index contributed by atoms with van der Waals surface area (Å²) in [5, 5.41) is 9.12. The average Bonchev–Trinajstić information content (AvgIpc) is 2.36. The number of carbonyl (C=O) groups is 1. The Balaban J connectivity index is 2.29. The van der Waals surface area contributed by atoms with E-state index in [9.17, 15) is 13.6 Å². The second kappa shape index (κ2) is 6.09. The third kappa shape index (κ3) is 3.30. The Morgan fingerprint density at radius 3 is 2.67 bits per heavy atom. The van der Waals surface area contributed by atoms with Gasteiger partial charge in [-0.1, -0.05) is 12.1 Å². The molecule has 0 saturated heterocycles. The van der Waals surface area contributed by atoms with Gasteiger partial charge in [0.1, 0.15) is 12.4 Å². The molecule has 0 radical (unpaired) electrons.